The zero-order chi connectivity index (χ0) is 44.3. The molecule has 67 heavy (non-hydrogen) atoms. The fourth-order valence-corrected chi connectivity index (χ4v) is 11.0. The molecule has 0 saturated heterocycles. The van der Waals surface area contributed by atoms with Crippen molar-refractivity contribution in [3.8, 4) is 67.1 Å². The second-order valence-corrected chi connectivity index (χ2v) is 17.5. The summed E-state index contributed by atoms with van der Waals surface area (Å²) in [6.45, 7) is 0. The van der Waals surface area contributed by atoms with Gasteiger partial charge in [-0.3, -0.25) is 0 Å². The molecule has 0 saturated carbocycles. The van der Waals surface area contributed by atoms with Crippen molar-refractivity contribution < 1.29 is 4.74 Å². The highest BCUT2D eigenvalue weighted by Gasteiger charge is 2.46. The highest BCUT2D eigenvalue weighted by Crippen LogP contribution is 2.57. The van der Waals surface area contributed by atoms with Gasteiger partial charge in [0.1, 0.15) is 11.5 Å². The number of rotatable bonds is 8. The van der Waals surface area contributed by atoms with E-state index in [0.717, 1.165) is 61.6 Å². The summed E-state index contributed by atoms with van der Waals surface area (Å²) in [5.41, 5.74) is 19.6. The standard InChI is InChI=1S/C65H43NO/c1-3-17-44(18-4-1)45-33-35-46(36-34-45)47-37-39-50(40-38-47)66(61-31-13-9-25-55(61)52-41-42-63-64-57(52)27-16-28-58(64)56-26-10-14-32-62(56)67-63)51-22-15-21-49(43-51)65(48-19-5-2-6-20-48)59-29-11-7-23-53(59)54-24-8-12-30-60(54)65/h1-43H. The monoisotopic (exact) mass is 853 g/mol. The van der Waals surface area contributed by atoms with Crippen molar-refractivity contribution in [1.29, 1.82) is 0 Å². The number of benzene rings is 11. The molecule has 0 radical (unpaired) electrons. The van der Waals surface area contributed by atoms with Gasteiger partial charge in [-0.05, 0) is 121 Å². The summed E-state index contributed by atoms with van der Waals surface area (Å²) in [6, 6.07) is 95.1. The predicted octanol–water partition coefficient (Wildman–Crippen LogP) is 17.4. The highest BCUT2D eigenvalue weighted by molar-refractivity contribution is 6.11. The van der Waals surface area contributed by atoms with Gasteiger partial charge in [-0.2, -0.15) is 0 Å². The molecular weight excluding hydrogens is 811 g/mol. The molecule has 2 aliphatic rings. The van der Waals surface area contributed by atoms with E-state index in [4.69, 9.17) is 4.74 Å². The molecule has 0 amide bonds. The molecule has 2 heteroatoms. The minimum Gasteiger partial charge on any atom is -0.456 e. The molecule has 1 heterocycles. The van der Waals surface area contributed by atoms with E-state index in [-0.39, 0.29) is 0 Å². The Morgan fingerprint density at radius 2 is 0.821 bits per heavy atom. The Morgan fingerprint density at radius 3 is 1.52 bits per heavy atom. The van der Waals surface area contributed by atoms with Gasteiger partial charge in [0.2, 0.25) is 0 Å². The third-order valence-electron chi connectivity index (χ3n) is 14.0. The summed E-state index contributed by atoms with van der Waals surface area (Å²) in [5.74, 6) is 1.77. The summed E-state index contributed by atoms with van der Waals surface area (Å²) >= 11 is 0. The molecule has 0 N–H and O–H groups in total. The number of hydrogen-bond donors (Lipinski definition) is 0. The van der Waals surface area contributed by atoms with Gasteiger partial charge in [0, 0.05) is 27.9 Å². The topological polar surface area (TPSA) is 12.5 Å². The van der Waals surface area contributed by atoms with Crippen LogP contribution in [0.5, 0.6) is 11.5 Å². The van der Waals surface area contributed by atoms with Crippen molar-refractivity contribution in [2.24, 2.45) is 0 Å². The quantitative estimate of drug-likeness (QED) is 0.151. The van der Waals surface area contributed by atoms with Crippen LogP contribution in [0, 0.1) is 0 Å². The van der Waals surface area contributed by atoms with E-state index in [1.807, 2.05) is 6.07 Å². The SMILES string of the molecule is c1ccc(-c2ccc(-c3ccc(N(c4cccc(C5(c6ccccc6)c6ccccc6-c6ccccc65)c4)c4ccccc4-c4ccc5c6c(cccc46)-c4ccccc4O5)cc3)cc2)cc1. The molecule has 314 valence electrons. The number of fused-ring (bicyclic) bond motifs is 5. The van der Waals surface area contributed by atoms with E-state index < -0.39 is 5.41 Å². The summed E-state index contributed by atoms with van der Waals surface area (Å²) in [7, 11) is 0. The molecule has 0 aromatic heterocycles. The molecule has 2 nitrogen and oxygen atoms in total. The Morgan fingerprint density at radius 1 is 0.299 bits per heavy atom. The molecule has 0 spiro atoms. The van der Waals surface area contributed by atoms with Gasteiger partial charge < -0.3 is 9.64 Å². The second-order valence-electron chi connectivity index (χ2n) is 17.5. The van der Waals surface area contributed by atoms with Crippen molar-refractivity contribution in [3.05, 3.63) is 283 Å². The predicted molar refractivity (Wildman–Crippen MR) is 278 cm³/mol. The van der Waals surface area contributed by atoms with E-state index in [0.29, 0.717) is 0 Å². The summed E-state index contributed by atoms with van der Waals surface area (Å²) in [4.78, 5) is 2.45. The molecule has 13 rings (SSSR count). The number of anilines is 3. The summed E-state index contributed by atoms with van der Waals surface area (Å²) in [5, 5.41) is 2.29. The number of para-hydroxylation sites is 2. The van der Waals surface area contributed by atoms with Gasteiger partial charge in [-0.15, -0.1) is 0 Å². The maximum Gasteiger partial charge on any atom is 0.135 e. The number of hydrogen-bond acceptors (Lipinski definition) is 2. The highest BCUT2D eigenvalue weighted by atomic mass is 16.5. The van der Waals surface area contributed by atoms with Crippen LogP contribution >= 0.6 is 0 Å². The fourth-order valence-electron chi connectivity index (χ4n) is 11.0. The maximum absolute atomic E-state index is 6.58. The lowest BCUT2D eigenvalue weighted by molar-refractivity contribution is 0.487. The first kappa shape index (κ1) is 38.7. The normalized spacial score (nSPS) is 12.7. The van der Waals surface area contributed by atoms with Crippen LogP contribution in [0.15, 0.2) is 261 Å². The lowest BCUT2D eigenvalue weighted by atomic mass is 9.67. The van der Waals surface area contributed by atoms with Crippen LogP contribution in [-0.2, 0) is 5.41 Å². The smallest absolute Gasteiger partial charge is 0.135 e. The molecule has 0 bridgehead atoms. The number of ether oxygens (including phenoxy) is 1. The molecule has 1 aliphatic carbocycles. The Kier molecular flexibility index (Phi) is 9.11. The van der Waals surface area contributed by atoms with Gasteiger partial charge in [0.25, 0.3) is 0 Å². The Hall–Kier alpha value is -8.72. The molecule has 1 aliphatic heterocycles. The average molecular weight is 854 g/mol. The van der Waals surface area contributed by atoms with Crippen LogP contribution in [0.25, 0.3) is 66.4 Å². The fraction of sp³-hybridized carbons (Fsp3) is 0.0154. The number of nitrogens with zero attached hydrogens (tertiary/aromatic N) is 1. The Balaban J connectivity index is 1.01. The van der Waals surface area contributed by atoms with E-state index >= 15 is 0 Å². The zero-order valence-corrected chi connectivity index (χ0v) is 36.7. The molecule has 11 aromatic carbocycles. The average Bonchev–Trinajstić information content (AvgIpc) is 3.71. The summed E-state index contributed by atoms with van der Waals surface area (Å²) in [6.07, 6.45) is 0. The third-order valence-corrected chi connectivity index (χ3v) is 14.0. The van der Waals surface area contributed by atoms with Crippen molar-refractivity contribution in [3.63, 3.8) is 0 Å². The molecule has 11 aromatic rings. The minimum absolute atomic E-state index is 0.544. The van der Waals surface area contributed by atoms with Crippen LogP contribution in [0.2, 0.25) is 0 Å². The third kappa shape index (κ3) is 6.18. The van der Waals surface area contributed by atoms with Gasteiger partial charge in [-0.1, -0.05) is 212 Å². The van der Waals surface area contributed by atoms with E-state index in [1.54, 1.807) is 0 Å². The molecule has 0 atom stereocenters. The Bertz CT molecular complexity index is 3600. The first-order valence-electron chi connectivity index (χ1n) is 23.1. The zero-order valence-electron chi connectivity index (χ0n) is 36.7. The van der Waals surface area contributed by atoms with Crippen LogP contribution in [0.1, 0.15) is 22.3 Å². The lowest BCUT2D eigenvalue weighted by Gasteiger charge is -2.35. The van der Waals surface area contributed by atoms with Gasteiger partial charge in [-0.25, -0.2) is 0 Å². The molecule has 0 unspecified atom stereocenters. The van der Waals surface area contributed by atoms with Crippen molar-refractivity contribution >= 4 is 27.8 Å². The van der Waals surface area contributed by atoms with Gasteiger partial charge in [0.05, 0.1) is 11.1 Å². The Labute approximate surface area is 391 Å². The lowest BCUT2D eigenvalue weighted by Crippen LogP contribution is -2.28. The molecule has 0 fully saturated rings. The van der Waals surface area contributed by atoms with Gasteiger partial charge >= 0.3 is 0 Å². The first-order valence-corrected chi connectivity index (χ1v) is 23.1. The van der Waals surface area contributed by atoms with Crippen LogP contribution in [0.4, 0.5) is 17.1 Å². The first-order chi connectivity index (χ1) is 33.2. The summed E-state index contributed by atoms with van der Waals surface area (Å²) < 4.78 is 6.58. The van der Waals surface area contributed by atoms with Crippen LogP contribution in [-0.4, -0.2) is 0 Å². The van der Waals surface area contributed by atoms with Crippen LogP contribution in [0.3, 0.4) is 0 Å². The second kappa shape index (κ2) is 15.8. The minimum atomic E-state index is -0.544. The van der Waals surface area contributed by atoms with E-state index in [1.165, 1.54) is 55.6 Å². The maximum atomic E-state index is 6.58. The van der Waals surface area contributed by atoms with Gasteiger partial charge in [0.15, 0.2) is 0 Å². The van der Waals surface area contributed by atoms with Crippen molar-refractivity contribution in [2.45, 2.75) is 5.41 Å². The van der Waals surface area contributed by atoms with E-state index in [2.05, 4.69) is 260 Å². The van der Waals surface area contributed by atoms with Crippen molar-refractivity contribution in [1.82, 2.24) is 0 Å². The van der Waals surface area contributed by atoms with Crippen molar-refractivity contribution in [2.75, 3.05) is 4.90 Å². The van der Waals surface area contributed by atoms with E-state index in [9.17, 15) is 0 Å². The van der Waals surface area contributed by atoms with Crippen LogP contribution < -0.4 is 9.64 Å². The molecular formula is C65H43NO. The largest absolute Gasteiger partial charge is 0.456 e.